The molecule has 1 heterocycles. The standard InChI is InChI=1S/C18H25BrN2O2/c1-12(13-7-5-8-14(19)11-13)20-16(22)15-9-6-10-21(15)17(23)18(2,3)4/h5,7-8,11-12,15H,6,9-10H2,1-4H3,(H,20,22). The molecular formula is C18H25BrN2O2. The van der Waals surface area contributed by atoms with Crippen molar-refractivity contribution in [3.8, 4) is 0 Å². The lowest BCUT2D eigenvalue weighted by Gasteiger charge is -2.31. The Kier molecular flexibility index (Phi) is 5.50. The van der Waals surface area contributed by atoms with Gasteiger partial charge in [0.15, 0.2) is 0 Å². The number of hydrogen-bond donors (Lipinski definition) is 1. The molecule has 0 bridgehead atoms. The first-order valence-corrected chi connectivity index (χ1v) is 8.86. The number of carbonyl (C=O) groups is 2. The summed E-state index contributed by atoms with van der Waals surface area (Å²) < 4.78 is 0.988. The highest BCUT2D eigenvalue weighted by atomic mass is 79.9. The normalized spacial score (nSPS) is 19.5. The van der Waals surface area contributed by atoms with Crippen molar-refractivity contribution in [2.24, 2.45) is 5.41 Å². The fourth-order valence-electron chi connectivity index (χ4n) is 2.88. The van der Waals surface area contributed by atoms with Gasteiger partial charge < -0.3 is 10.2 Å². The van der Waals surface area contributed by atoms with Gasteiger partial charge in [-0.2, -0.15) is 0 Å². The maximum absolute atomic E-state index is 12.6. The van der Waals surface area contributed by atoms with Crippen molar-refractivity contribution in [1.82, 2.24) is 10.2 Å². The second kappa shape index (κ2) is 7.04. The molecule has 1 saturated heterocycles. The van der Waals surface area contributed by atoms with Gasteiger partial charge in [0.05, 0.1) is 6.04 Å². The molecule has 5 heteroatoms. The summed E-state index contributed by atoms with van der Waals surface area (Å²) in [4.78, 5) is 26.9. The second-order valence-electron chi connectivity index (χ2n) is 7.19. The van der Waals surface area contributed by atoms with Crippen LogP contribution in [0, 0.1) is 5.41 Å². The zero-order valence-electron chi connectivity index (χ0n) is 14.2. The lowest BCUT2D eigenvalue weighted by Crippen LogP contribution is -2.49. The fourth-order valence-corrected chi connectivity index (χ4v) is 3.30. The fraction of sp³-hybridized carbons (Fsp3) is 0.556. The zero-order chi connectivity index (χ0) is 17.2. The van der Waals surface area contributed by atoms with E-state index >= 15 is 0 Å². The summed E-state index contributed by atoms with van der Waals surface area (Å²) in [6.07, 6.45) is 1.62. The predicted octanol–water partition coefficient (Wildman–Crippen LogP) is 3.66. The summed E-state index contributed by atoms with van der Waals surface area (Å²) in [7, 11) is 0. The SMILES string of the molecule is CC(NC(=O)C1CCCN1C(=O)C(C)(C)C)c1cccc(Br)c1. The van der Waals surface area contributed by atoms with Gasteiger partial charge in [0.25, 0.3) is 0 Å². The Bertz CT molecular complexity index is 595. The van der Waals surface area contributed by atoms with E-state index in [4.69, 9.17) is 0 Å². The smallest absolute Gasteiger partial charge is 0.243 e. The number of benzene rings is 1. The van der Waals surface area contributed by atoms with Crippen molar-refractivity contribution in [2.75, 3.05) is 6.54 Å². The number of rotatable bonds is 3. The molecule has 1 aliphatic heterocycles. The molecule has 1 aliphatic rings. The quantitative estimate of drug-likeness (QED) is 0.869. The van der Waals surface area contributed by atoms with E-state index in [0.29, 0.717) is 6.54 Å². The zero-order valence-corrected chi connectivity index (χ0v) is 15.8. The number of halogens is 1. The number of hydrogen-bond acceptors (Lipinski definition) is 2. The van der Waals surface area contributed by atoms with Crippen LogP contribution >= 0.6 is 15.9 Å². The van der Waals surface area contributed by atoms with Crippen molar-refractivity contribution < 1.29 is 9.59 Å². The van der Waals surface area contributed by atoms with Gasteiger partial charge in [0, 0.05) is 16.4 Å². The van der Waals surface area contributed by atoms with Crippen LogP contribution in [0.1, 0.15) is 52.1 Å². The van der Waals surface area contributed by atoms with Gasteiger partial charge in [-0.15, -0.1) is 0 Å². The van der Waals surface area contributed by atoms with E-state index in [1.54, 1.807) is 4.90 Å². The average Bonchev–Trinajstić information content (AvgIpc) is 2.94. The first-order chi connectivity index (χ1) is 10.7. The van der Waals surface area contributed by atoms with Crippen LogP contribution in [0.25, 0.3) is 0 Å². The lowest BCUT2D eigenvalue weighted by molar-refractivity contribution is -0.144. The van der Waals surface area contributed by atoms with Crippen molar-refractivity contribution in [2.45, 2.75) is 52.6 Å². The minimum atomic E-state index is -0.460. The predicted molar refractivity (Wildman–Crippen MR) is 94.9 cm³/mol. The van der Waals surface area contributed by atoms with Crippen molar-refractivity contribution in [1.29, 1.82) is 0 Å². The van der Waals surface area contributed by atoms with E-state index in [1.807, 2.05) is 52.0 Å². The third-order valence-electron chi connectivity index (χ3n) is 4.17. The topological polar surface area (TPSA) is 49.4 Å². The van der Waals surface area contributed by atoms with E-state index in [1.165, 1.54) is 0 Å². The molecular weight excluding hydrogens is 356 g/mol. The molecule has 1 aromatic rings. The van der Waals surface area contributed by atoms with Crippen LogP contribution in [-0.4, -0.2) is 29.3 Å². The van der Waals surface area contributed by atoms with Gasteiger partial charge in [0.1, 0.15) is 6.04 Å². The Hall–Kier alpha value is -1.36. The highest BCUT2D eigenvalue weighted by Crippen LogP contribution is 2.26. The molecule has 23 heavy (non-hydrogen) atoms. The van der Waals surface area contributed by atoms with Crippen LogP contribution < -0.4 is 5.32 Å². The van der Waals surface area contributed by atoms with Crippen LogP contribution in [0.15, 0.2) is 28.7 Å². The van der Waals surface area contributed by atoms with Crippen molar-refractivity contribution in [3.05, 3.63) is 34.3 Å². The highest BCUT2D eigenvalue weighted by molar-refractivity contribution is 9.10. The minimum absolute atomic E-state index is 0.0465. The Labute approximate surface area is 146 Å². The van der Waals surface area contributed by atoms with Crippen molar-refractivity contribution in [3.63, 3.8) is 0 Å². The maximum atomic E-state index is 12.6. The summed E-state index contributed by atoms with van der Waals surface area (Å²) in [5.41, 5.74) is 0.582. The summed E-state index contributed by atoms with van der Waals surface area (Å²) in [5, 5.41) is 3.05. The van der Waals surface area contributed by atoms with Crippen LogP contribution in [-0.2, 0) is 9.59 Å². The van der Waals surface area contributed by atoms with Crippen LogP contribution in [0.3, 0.4) is 0 Å². The first-order valence-electron chi connectivity index (χ1n) is 8.07. The molecule has 1 aromatic carbocycles. The number of nitrogens with zero attached hydrogens (tertiary/aromatic N) is 1. The first kappa shape index (κ1) is 18.0. The lowest BCUT2D eigenvalue weighted by atomic mass is 9.94. The van der Waals surface area contributed by atoms with Crippen molar-refractivity contribution >= 4 is 27.7 Å². The summed E-state index contributed by atoms with van der Waals surface area (Å²) in [6.45, 7) is 8.32. The summed E-state index contributed by atoms with van der Waals surface area (Å²) >= 11 is 3.45. The molecule has 2 atom stereocenters. The number of amides is 2. The van der Waals surface area contributed by atoms with Gasteiger partial charge in [0.2, 0.25) is 11.8 Å². The van der Waals surface area contributed by atoms with E-state index in [2.05, 4.69) is 21.2 Å². The number of carbonyl (C=O) groups excluding carboxylic acids is 2. The minimum Gasteiger partial charge on any atom is -0.348 e. The third-order valence-corrected chi connectivity index (χ3v) is 4.66. The molecule has 2 unspecified atom stereocenters. The Morgan fingerprint density at radius 3 is 2.65 bits per heavy atom. The second-order valence-corrected chi connectivity index (χ2v) is 8.11. The number of likely N-dealkylation sites (tertiary alicyclic amines) is 1. The molecule has 4 nitrogen and oxygen atoms in total. The monoisotopic (exact) mass is 380 g/mol. The Morgan fingerprint density at radius 1 is 1.35 bits per heavy atom. The molecule has 0 aromatic heterocycles. The highest BCUT2D eigenvalue weighted by Gasteiger charge is 2.38. The molecule has 1 fully saturated rings. The molecule has 0 spiro atoms. The molecule has 1 N–H and O–H groups in total. The molecule has 126 valence electrons. The average molecular weight is 381 g/mol. The van der Waals surface area contributed by atoms with Crippen LogP contribution in [0.4, 0.5) is 0 Å². The maximum Gasteiger partial charge on any atom is 0.243 e. The van der Waals surface area contributed by atoms with E-state index in [9.17, 15) is 9.59 Å². The van der Waals surface area contributed by atoms with E-state index in [-0.39, 0.29) is 23.9 Å². The molecule has 0 aliphatic carbocycles. The van der Waals surface area contributed by atoms with Gasteiger partial charge >= 0.3 is 0 Å². The van der Waals surface area contributed by atoms with Gasteiger partial charge in [-0.1, -0.05) is 48.8 Å². The summed E-state index contributed by atoms with van der Waals surface area (Å²) in [5.74, 6) is -0.0159. The van der Waals surface area contributed by atoms with Gasteiger partial charge in [-0.25, -0.2) is 0 Å². The molecule has 0 saturated carbocycles. The Balaban J connectivity index is 2.06. The van der Waals surface area contributed by atoms with E-state index in [0.717, 1.165) is 22.9 Å². The molecule has 2 rings (SSSR count). The largest absolute Gasteiger partial charge is 0.348 e. The summed E-state index contributed by atoms with van der Waals surface area (Å²) in [6, 6.07) is 7.45. The van der Waals surface area contributed by atoms with E-state index < -0.39 is 5.41 Å². The van der Waals surface area contributed by atoms with Crippen LogP contribution in [0.2, 0.25) is 0 Å². The van der Waals surface area contributed by atoms with Gasteiger partial charge in [-0.05, 0) is 37.5 Å². The van der Waals surface area contributed by atoms with Crippen LogP contribution in [0.5, 0.6) is 0 Å². The third kappa shape index (κ3) is 4.34. The molecule has 2 amide bonds. The van der Waals surface area contributed by atoms with Gasteiger partial charge in [-0.3, -0.25) is 9.59 Å². The number of nitrogens with one attached hydrogen (secondary N) is 1. The molecule has 0 radical (unpaired) electrons. The Morgan fingerprint density at radius 2 is 2.04 bits per heavy atom.